The zero-order valence-electron chi connectivity index (χ0n) is 24.8. The molecule has 1 saturated heterocycles. The molecule has 17 heteroatoms. The predicted molar refractivity (Wildman–Crippen MR) is 158 cm³/mol. The van der Waals surface area contributed by atoms with Crippen LogP contribution in [-0.4, -0.2) is 99.8 Å². The van der Waals surface area contributed by atoms with Crippen molar-refractivity contribution in [3.05, 3.63) is 29.8 Å². The third kappa shape index (κ3) is 11.7. The Kier molecular flexibility index (Phi) is 14.2. The fourth-order valence-corrected chi connectivity index (χ4v) is 4.87. The summed E-state index contributed by atoms with van der Waals surface area (Å²) in [7, 11) is 0. The molecule has 0 spiro atoms. The number of phenols is 1. The highest BCUT2D eigenvalue weighted by atomic mass is 16.4. The summed E-state index contributed by atoms with van der Waals surface area (Å²) >= 11 is 0. The first-order valence-electron chi connectivity index (χ1n) is 14.5. The molecule has 45 heavy (non-hydrogen) atoms. The van der Waals surface area contributed by atoms with Crippen LogP contribution in [-0.2, 0) is 40.0 Å². The Bertz CT molecular complexity index is 1240. The third-order valence-corrected chi connectivity index (χ3v) is 7.19. The SMILES string of the molecule is NCCCC[C@H](NC(=O)[C@H](CC(N)=O)NC(=O)[C@H](CC(N)=O)NC(=O)[C@@H]1CCCN1C(=O)[C@@H](N)Cc1ccc(O)cc1)C(=O)O. The molecular weight excluding hydrogens is 592 g/mol. The van der Waals surface area contributed by atoms with Gasteiger partial charge in [0.1, 0.15) is 29.9 Å². The maximum atomic E-state index is 13.3. The van der Waals surface area contributed by atoms with Gasteiger partial charge in [-0.2, -0.15) is 0 Å². The number of carboxylic acids is 1. The summed E-state index contributed by atoms with van der Waals surface area (Å²) in [5, 5.41) is 25.8. The molecule has 1 heterocycles. The quantitative estimate of drug-likeness (QED) is 0.0719. The lowest BCUT2D eigenvalue weighted by molar-refractivity contribution is -0.143. The predicted octanol–water partition coefficient (Wildman–Crippen LogP) is -3.33. The van der Waals surface area contributed by atoms with E-state index in [4.69, 9.17) is 22.9 Å². The highest BCUT2D eigenvalue weighted by Crippen LogP contribution is 2.20. The van der Waals surface area contributed by atoms with Gasteiger partial charge in [0, 0.05) is 6.54 Å². The van der Waals surface area contributed by atoms with Crippen molar-refractivity contribution < 1.29 is 43.8 Å². The van der Waals surface area contributed by atoms with Gasteiger partial charge in [0.05, 0.1) is 18.9 Å². The van der Waals surface area contributed by atoms with Crippen LogP contribution >= 0.6 is 0 Å². The Morgan fingerprint density at radius 3 is 1.96 bits per heavy atom. The van der Waals surface area contributed by atoms with Crippen LogP contribution in [0.25, 0.3) is 0 Å². The van der Waals surface area contributed by atoms with E-state index in [9.17, 15) is 43.8 Å². The number of carboxylic acid groups (broad SMARTS) is 1. The van der Waals surface area contributed by atoms with Gasteiger partial charge >= 0.3 is 5.97 Å². The van der Waals surface area contributed by atoms with E-state index < -0.39 is 84.5 Å². The Morgan fingerprint density at radius 1 is 0.867 bits per heavy atom. The monoisotopic (exact) mass is 634 g/mol. The normalized spacial score (nSPS) is 16.9. The maximum absolute atomic E-state index is 13.3. The van der Waals surface area contributed by atoms with Gasteiger partial charge < -0.3 is 54.0 Å². The smallest absolute Gasteiger partial charge is 0.326 e. The van der Waals surface area contributed by atoms with Crippen molar-refractivity contribution in [1.29, 1.82) is 0 Å². The van der Waals surface area contributed by atoms with Crippen molar-refractivity contribution >= 4 is 41.4 Å². The lowest BCUT2D eigenvalue weighted by atomic mass is 10.0. The number of hydrogen-bond acceptors (Lipinski definition) is 10. The van der Waals surface area contributed by atoms with Crippen LogP contribution in [0, 0.1) is 0 Å². The van der Waals surface area contributed by atoms with Crippen LogP contribution in [0.2, 0.25) is 0 Å². The standard InChI is InChI=1S/C28H42N8O9/c29-10-2-1-4-18(28(44)45)33-24(40)19(13-22(31)38)34-25(41)20(14-23(32)39)35-26(42)21-5-3-11-36(21)27(43)17(30)12-15-6-8-16(37)9-7-15/h6-9,17-21,37H,1-5,10-14,29-30H2,(H2,31,38)(H2,32,39)(H,33,40)(H,34,41)(H,35,42)(H,44,45)/t17-,18-,19-,20-,21-/m0/s1. The number of nitrogens with two attached hydrogens (primary N) is 4. The summed E-state index contributed by atoms with van der Waals surface area (Å²) in [6.45, 7) is 0.525. The van der Waals surface area contributed by atoms with Gasteiger partial charge in [-0.15, -0.1) is 0 Å². The van der Waals surface area contributed by atoms with Crippen LogP contribution in [0.3, 0.4) is 0 Å². The minimum Gasteiger partial charge on any atom is -0.508 e. The maximum Gasteiger partial charge on any atom is 0.326 e. The summed E-state index contributed by atoms with van der Waals surface area (Å²) in [6, 6.07) is -0.501. The van der Waals surface area contributed by atoms with E-state index in [1.54, 1.807) is 12.1 Å². The van der Waals surface area contributed by atoms with Crippen LogP contribution in [0.1, 0.15) is 50.5 Å². The van der Waals surface area contributed by atoms with Crippen LogP contribution < -0.4 is 38.9 Å². The number of aliphatic carboxylic acids is 1. The molecule has 0 unspecified atom stereocenters. The average molecular weight is 635 g/mol. The molecule has 0 bridgehead atoms. The zero-order valence-corrected chi connectivity index (χ0v) is 24.8. The van der Waals surface area contributed by atoms with E-state index in [1.807, 2.05) is 0 Å². The van der Waals surface area contributed by atoms with Crippen molar-refractivity contribution in [3.8, 4) is 5.75 Å². The number of nitrogens with one attached hydrogen (secondary N) is 3. The second kappa shape index (κ2) is 17.5. The Morgan fingerprint density at radius 2 is 1.42 bits per heavy atom. The van der Waals surface area contributed by atoms with E-state index in [0.717, 1.165) is 0 Å². The molecule has 0 aromatic heterocycles. The number of phenolic OH excluding ortho intramolecular Hbond substituents is 1. The lowest BCUT2D eigenvalue weighted by Crippen LogP contribution is -2.59. The highest BCUT2D eigenvalue weighted by molar-refractivity contribution is 5.98. The summed E-state index contributed by atoms with van der Waals surface area (Å²) in [4.78, 5) is 88.9. The van der Waals surface area contributed by atoms with Crippen LogP contribution in [0.5, 0.6) is 5.75 Å². The summed E-state index contributed by atoms with van der Waals surface area (Å²) in [5.74, 6) is -6.66. The number of rotatable bonds is 18. The van der Waals surface area contributed by atoms with Crippen molar-refractivity contribution in [2.24, 2.45) is 22.9 Å². The van der Waals surface area contributed by atoms with Crippen molar-refractivity contribution in [1.82, 2.24) is 20.9 Å². The molecule has 1 fully saturated rings. The topological polar surface area (TPSA) is 303 Å². The first kappa shape index (κ1) is 36.4. The molecule has 1 aromatic rings. The molecule has 13 N–H and O–H groups in total. The highest BCUT2D eigenvalue weighted by Gasteiger charge is 2.38. The molecule has 248 valence electrons. The number of likely N-dealkylation sites (tertiary alicyclic amines) is 1. The molecule has 0 radical (unpaired) electrons. The second-order valence-electron chi connectivity index (χ2n) is 10.8. The molecule has 0 aliphatic carbocycles. The number of hydrogen-bond donors (Lipinski definition) is 9. The van der Waals surface area contributed by atoms with Crippen molar-refractivity contribution in [3.63, 3.8) is 0 Å². The Labute approximate surface area is 259 Å². The van der Waals surface area contributed by atoms with E-state index in [1.165, 1.54) is 17.0 Å². The van der Waals surface area contributed by atoms with Gasteiger partial charge in [-0.1, -0.05) is 12.1 Å². The Hall–Kier alpha value is -4.77. The van der Waals surface area contributed by atoms with Gasteiger partial charge in [-0.3, -0.25) is 28.8 Å². The number of amides is 6. The van der Waals surface area contributed by atoms with Gasteiger partial charge in [0.2, 0.25) is 35.4 Å². The van der Waals surface area contributed by atoms with E-state index in [0.29, 0.717) is 31.4 Å². The molecule has 5 atom stereocenters. The van der Waals surface area contributed by atoms with Gasteiger partial charge in [0.15, 0.2) is 0 Å². The molecule has 2 rings (SSSR count). The molecule has 0 saturated carbocycles. The van der Waals surface area contributed by atoms with Crippen LogP contribution in [0.15, 0.2) is 24.3 Å². The van der Waals surface area contributed by atoms with Gasteiger partial charge in [-0.05, 0) is 62.8 Å². The Balaban J connectivity index is 2.14. The summed E-state index contributed by atoms with van der Waals surface area (Å²) in [5.41, 5.74) is 22.8. The van der Waals surface area contributed by atoms with Crippen LogP contribution in [0.4, 0.5) is 0 Å². The van der Waals surface area contributed by atoms with E-state index >= 15 is 0 Å². The minimum absolute atomic E-state index is 0.0328. The van der Waals surface area contributed by atoms with E-state index in [-0.39, 0.29) is 31.6 Å². The van der Waals surface area contributed by atoms with Gasteiger partial charge in [-0.25, -0.2) is 4.79 Å². The van der Waals surface area contributed by atoms with Crippen molar-refractivity contribution in [2.75, 3.05) is 13.1 Å². The number of aromatic hydroxyl groups is 1. The zero-order chi connectivity index (χ0) is 33.7. The number of carbonyl (C=O) groups is 7. The fraction of sp³-hybridized carbons (Fsp3) is 0.536. The molecule has 17 nitrogen and oxygen atoms in total. The third-order valence-electron chi connectivity index (χ3n) is 7.19. The number of primary amides is 2. The van der Waals surface area contributed by atoms with Crippen molar-refractivity contribution in [2.45, 2.75) is 81.6 Å². The number of nitrogens with zero attached hydrogens (tertiary/aromatic N) is 1. The number of unbranched alkanes of at least 4 members (excludes halogenated alkanes) is 1. The van der Waals surface area contributed by atoms with E-state index in [2.05, 4.69) is 16.0 Å². The molecule has 6 amide bonds. The number of carbonyl (C=O) groups excluding carboxylic acids is 6. The lowest BCUT2D eigenvalue weighted by Gasteiger charge is -2.28. The largest absolute Gasteiger partial charge is 0.508 e. The average Bonchev–Trinajstić information content (AvgIpc) is 3.46. The minimum atomic E-state index is -1.64. The summed E-state index contributed by atoms with van der Waals surface area (Å²) < 4.78 is 0. The fourth-order valence-electron chi connectivity index (χ4n) is 4.87. The molecule has 1 aromatic carbocycles. The number of benzene rings is 1. The molecule has 1 aliphatic heterocycles. The first-order valence-corrected chi connectivity index (χ1v) is 14.5. The first-order chi connectivity index (χ1) is 21.2. The molecular formula is C28H42N8O9. The van der Waals surface area contributed by atoms with Gasteiger partial charge in [0.25, 0.3) is 0 Å². The summed E-state index contributed by atoms with van der Waals surface area (Å²) in [6.07, 6.45) is 0.343. The molecule has 1 aliphatic rings. The second-order valence-corrected chi connectivity index (χ2v) is 10.8.